The molecule has 1 atom stereocenters. The summed E-state index contributed by atoms with van der Waals surface area (Å²) in [7, 11) is 0. The zero-order valence-corrected chi connectivity index (χ0v) is 8.19. The Morgan fingerprint density at radius 1 is 1.62 bits per heavy atom. The number of amides is 1. The van der Waals surface area contributed by atoms with Gasteiger partial charge in [-0.1, -0.05) is 12.2 Å². The molecule has 86 valence electrons. The smallest absolute Gasteiger partial charge is 0.333 e. The van der Waals surface area contributed by atoms with Gasteiger partial charge in [0, 0.05) is 5.70 Å². The van der Waals surface area contributed by atoms with Gasteiger partial charge in [-0.05, 0) is 12.5 Å². The number of alkyl halides is 2. The predicted octanol–water partition coefficient (Wildman–Crippen LogP) is 1.01. The topological polar surface area (TPSA) is 57.6 Å². The van der Waals surface area contributed by atoms with Gasteiger partial charge < -0.3 is 5.11 Å². The van der Waals surface area contributed by atoms with Gasteiger partial charge in [0.1, 0.15) is 6.54 Å². The highest BCUT2D eigenvalue weighted by atomic mass is 19.3. The van der Waals surface area contributed by atoms with Crippen LogP contribution in [0.3, 0.4) is 0 Å². The van der Waals surface area contributed by atoms with Gasteiger partial charge in [0.15, 0.2) is 0 Å². The van der Waals surface area contributed by atoms with Crippen LogP contribution < -0.4 is 0 Å². The van der Waals surface area contributed by atoms with Gasteiger partial charge in [-0.25, -0.2) is 0 Å². The molecule has 16 heavy (non-hydrogen) atoms. The van der Waals surface area contributed by atoms with Gasteiger partial charge >= 0.3 is 11.9 Å². The fraction of sp³-hybridized carbons (Fsp3) is 0.400. The van der Waals surface area contributed by atoms with Crippen LogP contribution in [-0.4, -0.2) is 34.4 Å². The zero-order chi connectivity index (χ0) is 11.9. The summed E-state index contributed by atoms with van der Waals surface area (Å²) in [5.41, 5.74) is 0.0971. The van der Waals surface area contributed by atoms with Crippen molar-refractivity contribution < 1.29 is 23.5 Å². The zero-order valence-electron chi connectivity index (χ0n) is 8.19. The molecule has 6 heteroatoms. The van der Waals surface area contributed by atoms with E-state index < -0.39 is 30.3 Å². The lowest BCUT2D eigenvalue weighted by molar-refractivity contribution is -0.154. The van der Waals surface area contributed by atoms with Crippen molar-refractivity contribution in [1.29, 1.82) is 0 Å². The molecule has 0 radical (unpaired) electrons. The lowest BCUT2D eigenvalue weighted by Crippen LogP contribution is -2.37. The molecule has 4 nitrogen and oxygen atoms in total. The highest BCUT2D eigenvalue weighted by molar-refractivity contribution is 5.92. The molecule has 2 aliphatic rings. The van der Waals surface area contributed by atoms with E-state index in [1.165, 1.54) is 6.08 Å². The van der Waals surface area contributed by atoms with Crippen LogP contribution >= 0.6 is 0 Å². The molecule has 0 aromatic heterocycles. The molecule has 1 aliphatic heterocycles. The number of hydrogen-bond donors (Lipinski definition) is 1. The van der Waals surface area contributed by atoms with E-state index in [-0.39, 0.29) is 12.1 Å². The van der Waals surface area contributed by atoms with Crippen molar-refractivity contribution in [2.45, 2.75) is 12.3 Å². The van der Waals surface area contributed by atoms with Crippen LogP contribution in [0.15, 0.2) is 23.9 Å². The van der Waals surface area contributed by atoms with Crippen LogP contribution in [0.4, 0.5) is 8.78 Å². The number of carbonyl (C=O) groups excluding carboxylic acids is 1. The number of fused-ring (bicyclic) bond motifs is 1. The number of carbonyl (C=O) groups is 2. The summed E-state index contributed by atoms with van der Waals surface area (Å²) in [5.74, 6) is -7.44. The fourth-order valence-corrected chi connectivity index (χ4v) is 1.97. The Labute approximate surface area is 89.8 Å². The average Bonchev–Trinajstić information content (AvgIpc) is 2.41. The predicted molar refractivity (Wildman–Crippen MR) is 49.6 cm³/mol. The quantitative estimate of drug-likeness (QED) is 0.768. The maximum Gasteiger partial charge on any atom is 0.333 e. The molecule has 1 N–H and O–H groups in total. The summed E-state index contributed by atoms with van der Waals surface area (Å²) in [4.78, 5) is 22.5. The normalized spacial score (nSPS) is 26.6. The molecule has 1 heterocycles. The third-order valence-corrected chi connectivity index (χ3v) is 2.70. The van der Waals surface area contributed by atoms with Crippen molar-refractivity contribution in [2.24, 2.45) is 5.92 Å². The molecule has 2 rings (SSSR count). The second-order valence-corrected chi connectivity index (χ2v) is 3.72. The van der Waals surface area contributed by atoms with Crippen LogP contribution in [0.1, 0.15) is 6.42 Å². The van der Waals surface area contributed by atoms with E-state index >= 15 is 0 Å². The number of rotatable bonds is 2. The van der Waals surface area contributed by atoms with E-state index in [0.29, 0.717) is 4.90 Å². The van der Waals surface area contributed by atoms with Crippen LogP contribution in [0.25, 0.3) is 0 Å². The SMILES string of the molecule is O=C(O)CN1C(=O)C(F)(F)C2CC=CC=C21. The van der Waals surface area contributed by atoms with Crippen molar-refractivity contribution in [2.75, 3.05) is 6.54 Å². The third kappa shape index (κ3) is 1.41. The Kier molecular flexibility index (Phi) is 2.29. The van der Waals surface area contributed by atoms with Gasteiger partial charge in [0.25, 0.3) is 5.91 Å². The minimum Gasteiger partial charge on any atom is -0.480 e. The van der Waals surface area contributed by atoms with E-state index in [9.17, 15) is 18.4 Å². The maximum absolute atomic E-state index is 13.5. The molecule has 1 unspecified atom stereocenters. The molecule has 0 aromatic carbocycles. The Bertz CT molecular complexity index is 414. The summed E-state index contributed by atoms with van der Waals surface area (Å²) in [5, 5.41) is 8.57. The number of hydrogen-bond acceptors (Lipinski definition) is 2. The maximum atomic E-state index is 13.5. The van der Waals surface area contributed by atoms with Crippen molar-refractivity contribution in [1.82, 2.24) is 4.90 Å². The summed E-state index contributed by atoms with van der Waals surface area (Å²) in [6.07, 6.45) is 4.52. The van der Waals surface area contributed by atoms with E-state index in [2.05, 4.69) is 0 Å². The van der Waals surface area contributed by atoms with Gasteiger partial charge in [-0.15, -0.1) is 0 Å². The summed E-state index contributed by atoms with van der Waals surface area (Å²) >= 11 is 0. The van der Waals surface area contributed by atoms with Crippen LogP contribution in [-0.2, 0) is 9.59 Å². The summed E-state index contributed by atoms with van der Waals surface area (Å²) in [6.45, 7) is -0.718. The molecule has 1 fully saturated rings. The van der Waals surface area contributed by atoms with Crippen molar-refractivity contribution in [3.8, 4) is 0 Å². The molecule has 0 aromatic rings. The number of carboxylic acids is 1. The minimum absolute atomic E-state index is 0.0562. The number of allylic oxidation sites excluding steroid dienone is 4. The second-order valence-electron chi connectivity index (χ2n) is 3.72. The number of carboxylic acid groups (broad SMARTS) is 1. The highest BCUT2D eigenvalue weighted by Crippen LogP contribution is 2.44. The molecule has 1 amide bonds. The van der Waals surface area contributed by atoms with Crippen LogP contribution in [0, 0.1) is 5.92 Å². The summed E-state index contributed by atoms with van der Waals surface area (Å²) < 4.78 is 27.0. The monoisotopic (exact) mass is 229 g/mol. The van der Waals surface area contributed by atoms with E-state index in [4.69, 9.17) is 5.11 Å². The molecular weight excluding hydrogens is 220 g/mol. The van der Waals surface area contributed by atoms with E-state index in [1.54, 1.807) is 12.2 Å². The first-order valence-corrected chi connectivity index (χ1v) is 4.73. The van der Waals surface area contributed by atoms with Crippen molar-refractivity contribution >= 4 is 11.9 Å². The standard InChI is InChI=1S/C10H9F2NO3/c11-10(12)6-3-1-2-4-7(6)13(9(10)16)5-8(14)15/h1-2,4,6H,3,5H2,(H,14,15). The second kappa shape index (κ2) is 3.40. The molecule has 1 aliphatic carbocycles. The number of halogens is 2. The first-order valence-electron chi connectivity index (χ1n) is 4.73. The van der Waals surface area contributed by atoms with Crippen molar-refractivity contribution in [3.63, 3.8) is 0 Å². The van der Waals surface area contributed by atoms with E-state index in [1.807, 2.05) is 0 Å². The molecule has 0 saturated carbocycles. The average molecular weight is 229 g/mol. The molecule has 0 bridgehead atoms. The number of aliphatic carboxylic acids is 1. The minimum atomic E-state index is -3.49. The van der Waals surface area contributed by atoms with Crippen LogP contribution in [0.2, 0.25) is 0 Å². The van der Waals surface area contributed by atoms with Gasteiger partial charge in [-0.2, -0.15) is 8.78 Å². The first-order chi connectivity index (χ1) is 7.44. The van der Waals surface area contributed by atoms with E-state index in [0.717, 1.165) is 0 Å². The van der Waals surface area contributed by atoms with Gasteiger partial charge in [-0.3, -0.25) is 14.5 Å². The lowest BCUT2D eigenvalue weighted by Gasteiger charge is -2.18. The van der Waals surface area contributed by atoms with Crippen molar-refractivity contribution in [3.05, 3.63) is 23.9 Å². The lowest BCUT2D eigenvalue weighted by atomic mass is 9.94. The number of likely N-dealkylation sites (tertiary alicyclic amines) is 1. The number of nitrogens with zero attached hydrogens (tertiary/aromatic N) is 1. The largest absolute Gasteiger partial charge is 0.480 e. The first kappa shape index (κ1) is 10.8. The third-order valence-electron chi connectivity index (χ3n) is 2.70. The highest BCUT2D eigenvalue weighted by Gasteiger charge is 2.59. The van der Waals surface area contributed by atoms with Crippen LogP contribution in [0.5, 0.6) is 0 Å². The van der Waals surface area contributed by atoms with Gasteiger partial charge in [0.2, 0.25) is 0 Å². The Balaban J connectivity index is 2.38. The Morgan fingerprint density at radius 3 is 2.94 bits per heavy atom. The molecule has 1 saturated heterocycles. The molecular formula is C10H9F2NO3. The fourth-order valence-electron chi connectivity index (χ4n) is 1.97. The Hall–Kier alpha value is -1.72. The Morgan fingerprint density at radius 2 is 2.31 bits per heavy atom. The summed E-state index contributed by atoms with van der Waals surface area (Å²) in [6, 6.07) is 0. The van der Waals surface area contributed by atoms with Gasteiger partial charge in [0.05, 0.1) is 5.92 Å². The molecule has 0 spiro atoms.